The zero-order valence-corrected chi connectivity index (χ0v) is 12.9. The molecule has 1 aromatic carbocycles. The van der Waals surface area contributed by atoms with Gasteiger partial charge in [-0.2, -0.15) is 0 Å². The van der Waals surface area contributed by atoms with Crippen LogP contribution < -0.4 is 4.74 Å². The molecule has 0 aromatic heterocycles. The lowest BCUT2D eigenvalue weighted by atomic mass is 9.77. The predicted octanol–water partition coefficient (Wildman–Crippen LogP) is 3.66. The number of carbonyl (C=O) groups is 1. The van der Waals surface area contributed by atoms with Crippen molar-refractivity contribution in [3.05, 3.63) is 28.8 Å². The Bertz CT molecular complexity index is 493. The molecule has 1 aromatic rings. The van der Waals surface area contributed by atoms with Gasteiger partial charge in [0, 0.05) is 11.1 Å². The Balaban J connectivity index is 3.67. The minimum atomic E-state index is -0.975. The van der Waals surface area contributed by atoms with Crippen molar-refractivity contribution >= 4 is 5.97 Å². The van der Waals surface area contributed by atoms with Gasteiger partial charge in [-0.25, -0.2) is 0 Å². The van der Waals surface area contributed by atoms with Crippen LogP contribution in [0.2, 0.25) is 0 Å². The molecule has 0 bridgehead atoms. The summed E-state index contributed by atoms with van der Waals surface area (Å²) in [5, 5.41) is 9.44. The minimum Gasteiger partial charge on any atom is -0.496 e. The molecule has 0 unspecified atom stereocenters. The Morgan fingerprint density at radius 3 is 1.95 bits per heavy atom. The van der Waals surface area contributed by atoms with E-state index in [4.69, 9.17) is 4.74 Å². The average Bonchev–Trinajstić information content (AvgIpc) is 2.26. The second-order valence-corrected chi connectivity index (χ2v) is 6.57. The van der Waals surface area contributed by atoms with Gasteiger partial charge in [0.05, 0.1) is 12.5 Å². The van der Waals surface area contributed by atoms with E-state index in [2.05, 4.69) is 26.8 Å². The number of carboxylic acids is 1. The van der Waals surface area contributed by atoms with Crippen LogP contribution in [0, 0.1) is 6.92 Å². The van der Waals surface area contributed by atoms with E-state index in [1.54, 1.807) is 21.0 Å². The molecular formula is C16H24O3. The molecule has 19 heavy (non-hydrogen) atoms. The van der Waals surface area contributed by atoms with E-state index >= 15 is 0 Å². The van der Waals surface area contributed by atoms with Gasteiger partial charge in [-0.05, 0) is 26.2 Å². The second kappa shape index (κ2) is 4.87. The standard InChI is InChI=1S/C16H24O3/c1-10-8-11(15(2,3)4)13(19-7)12(9-10)16(5,6)14(17)18/h8-9H,1-7H3,(H,17,18). The second-order valence-electron chi connectivity index (χ2n) is 6.57. The number of hydrogen-bond acceptors (Lipinski definition) is 2. The fourth-order valence-electron chi connectivity index (χ4n) is 2.13. The van der Waals surface area contributed by atoms with Crippen LogP contribution in [0.4, 0.5) is 0 Å². The zero-order chi connectivity index (χ0) is 15.0. The monoisotopic (exact) mass is 264 g/mol. The Labute approximate surface area is 115 Å². The lowest BCUT2D eigenvalue weighted by Gasteiger charge is -2.29. The van der Waals surface area contributed by atoms with Crippen LogP contribution in [0.15, 0.2) is 12.1 Å². The van der Waals surface area contributed by atoms with Gasteiger partial charge in [0.1, 0.15) is 5.75 Å². The third-order valence-corrected chi connectivity index (χ3v) is 3.45. The molecule has 0 atom stereocenters. The Morgan fingerprint density at radius 1 is 1.11 bits per heavy atom. The number of aryl methyl sites for hydroxylation is 1. The topological polar surface area (TPSA) is 46.5 Å². The van der Waals surface area contributed by atoms with Crippen LogP contribution in [-0.2, 0) is 15.6 Å². The van der Waals surface area contributed by atoms with Gasteiger partial charge >= 0.3 is 5.97 Å². The van der Waals surface area contributed by atoms with Crippen molar-refractivity contribution in [2.24, 2.45) is 0 Å². The van der Waals surface area contributed by atoms with E-state index in [9.17, 15) is 9.90 Å². The lowest BCUT2D eigenvalue weighted by Crippen LogP contribution is -2.30. The Morgan fingerprint density at radius 2 is 1.58 bits per heavy atom. The molecule has 0 aliphatic carbocycles. The van der Waals surface area contributed by atoms with E-state index in [-0.39, 0.29) is 5.41 Å². The summed E-state index contributed by atoms with van der Waals surface area (Å²) >= 11 is 0. The summed E-state index contributed by atoms with van der Waals surface area (Å²) < 4.78 is 5.53. The van der Waals surface area contributed by atoms with E-state index in [0.717, 1.165) is 16.7 Å². The number of hydrogen-bond donors (Lipinski definition) is 1. The first-order valence-electron chi connectivity index (χ1n) is 6.44. The van der Waals surface area contributed by atoms with E-state index in [0.29, 0.717) is 5.75 Å². The smallest absolute Gasteiger partial charge is 0.313 e. The summed E-state index contributed by atoms with van der Waals surface area (Å²) in [6.45, 7) is 11.7. The largest absolute Gasteiger partial charge is 0.496 e. The van der Waals surface area contributed by atoms with Crippen LogP contribution in [0.25, 0.3) is 0 Å². The highest BCUT2D eigenvalue weighted by molar-refractivity contribution is 5.82. The first kappa shape index (κ1) is 15.5. The summed E-state index contributed by atoms with van der Waals surface area (Å²) in [6, 6.07) is 3.97. The van der Waals surface area contributed by atoms with Gasteiger partial charge in [0.15, 0.2) is 0 Å². The summed E-state index contributed by atoms with van der Waals surface area (Å²) in [7, 11) is 1.60. The maximum Gasteiger partial charge on any atom is 0.313 e. The van der Waals surface area contributed by atoms with Gasteiger partial charge in [0.25, 0.3) is 0 Å². The third-order valence-electron chi connectivity index (χ3n) is 3.45. The molecule has 0 aliphatic rings. The molecule has 0 heterocycles. The highest BCUT2D eigenvalue weighted by atomic mass is 16.5. The normalized spacial score (nSPS) is 12.4. The van der Waals surface area contributed by atoms with Gasteiger partial charge in [0.2, 0.25) is 0 Å². The predicted molar refractivity (Wildman–Crippen MR) is 77.1 cm³/mol. The van der Waals surface area contributed by atoms with Crippen LogP contribution in [0.1, 0.15) is 51.3 Å². The van der Waals surface area contributed by atoms with Crippen molar-refractivity contribution in [1.82, 2.24) is 0 Å². The third kappa shape index (κ3) is 2.91. The number of methoxy groups -OCH3 is 1. The quantitative estimate of drug-likeness (QED) is 0.906. The van der Waals surface area contributed by atoms with E-state index in [1.807, 2.05) is 13.0 Å². The van der Waals surface area contributed by atoms with Gasteiger partial charge in [-0.15, -0.1) is 0 Å². The Kier molecular flexibility index (Phi) is 3.99. The lowest BCUT2D eigenvalue weighted by molar-refractivity contribution is -0.142. The molecule has 0 amide bonds. The van der Waals surface area contributed by atoms with Gasteiger partial charge in [-0.1, -0.05) is 38.5 Å². The molecule has 0 fully saturated rings. The molecule has 0 aliphatic heterocycles. The summed E-state index contributed by atoms with van der Waals surface area (Å²) in [5.74, 6) is -0.165. The number of ether oxygens (including phenoxy) is 1. The van der Waals surface area contributed by atoms with Crippen LogP contribution in [-0.4, -0.2) is 18.2 Å². The molecule has 1 N–H and O–H groups in total. The number of benzene rings is 1. The van der Waals surface area contributed by atoms with E-state index < -0.39 is 11.4 Å². The molecule has 3 nitrogen and oxygen atoms in total. The van der Waals surface area contributed by atoms with Crippen molar-refractivity contribution in [3.63, 3.8) is 0 Å². The summed E-state index contributed by atoms with van der Waals surface area (Å²) in [5.41, 5.74) is 1.75. The maximum absolute atomic E-state index is 11.5. The van der Waals surface area contributed by atoms with Gasteiger partial charge < -0.3 is 9.84 Å². The molecule has 3 heteroatoms. The van der Waals surface area contributed by atoms with E-state index in [1.165, 1.54) is 0 Å². The fraction of sp³-hybridized carbons (Fsp3) is 0.562. The molecule has 106 valence electrons. The average molecular weight is 264 g/mol. The maximum atomic E-state index is 11.5. The van der Waals surface area contributed by atoms with Gasteiger partial charge in [-0.3, -0.25) is 4.79 Å². The minimum absolute atomic E-state index is 0.0965. The molecule has 0 saturated heterocycles. The molecule has 0 radical (unpaired) electrons. The molecule has 1 rings (SSSR count). The number of aliphatic carboxylic acids is 1. The van der Waals surface area contributed by atoms with Crippen molar-refractivity contribution in [3.8, 4) is 5.75 Å². The number of carboxylic acid groups (broad SMARTS) is 1. The van der Waals surface area contributed by atoms with Crippen molar-refractivity contribution < 1.29 is 14.6 Å². The van der Waals surface area contributed by atoms with Crippen LogP contribution >= 0.6 is 0 Å². The molecule has 0 saturated carbocycles. The Hall–Kier alpha value is -1.51. The summed E-state index contributed by atoms with van der Waals surface area (Å²) in [4.78, 5) is 11.5. The van der Waals surface area contributed by atoms with Crippen LogP contribution in [0.5, 0.6) is 5.75 Å². The van der Waals surface area contributed by atoms with Crippen LogP contribution in [0.3, 0.4) is 0 Å². The van der Waals surface area contributed by atoms with Crippen molar-refractivity contribution in [2.75, 3.05) is 7.11 Å². The molecular weight excluding hydrogens is 240 g/mol. The first-order valence-corrected chi connectivity index (χ1v) is 6.44. The zero-order valence-electron chi connectivity index (χ0n) is 12.9. The highest BCUT2D eigenvalue weighted by Gasteiger charge is 2.35. The number of rotatable bonds is 3. The molecule has 0 spiro atoms. The SMILES string of the molecule is COc1c(C(C)(C)C)cc(C)cc1C(C)(C)C(=O)O. The first-order chi connectivity index (χ1) is 8.51. The fourth-order valence-corrected chi connectivity index (χ4v) is 2.13. The van der Waals surface area contributed by atoms with Crippen molar-refractivity contribution in [1.29, 1.82) is 0 Å². The van der Waals surface area contributed by atoms with Crippen molar-refractivity contribution in [2.45, 2.75) is 52.4 Å². The highest BCUT2D eigenvalue weighted by Crippen LogP contribution is 2.40. The summed E-state index contributed by atoms with van der Waals surface area (Å²) in [6.07, 6.45) is 0.